The van der Waals surface area contributed by atoms with Crippen LogP contribution in [0.25, 0.3) is 0 Å². The van der Waals surface area contributed by atoms with Crippen molar-refractivity contribution in [2.45, 2.75) is 25.4 Å². The molecule has 0 spiro atoms. The predicted octanol–water partition coefficient (Wildman–Crippen LogP) is 1.30. The lowest BCUT2D eigenvalue weighted by Crippen LogP contribution is -2.42. The molecule has 1 aliphatic carbocycles. The maximum absolute atomic E-state index is 8.89. The molecule has 0 radical (unpaired) electrons. The molecule has 3 rings (SSSR count). The number of hydrogen-bond acceptors (Lipinski definition) is 4. The Bertz CT molecular complexity index is 466. The second-order valence-corrected chi connectivity index (χ2v) is 4.56. The summed E-state index contributed by atoms with van der Waals surface area (Å²) in [7, 11) is 0. The van der Waals surface area contributed by atoms with Gasteiger partial charge in [0.25, 0.3) is 0 Å². The van der Waals surface area contributed by atoms with Crippen molar-refractivity contribution in [3.05, 3.63) is 23.4 Å². The van der Waals surface area contributed by atoms with Gasteiger partial charge in [0.1, 0.15) is 5.82 Å². The van der Waals surface area contributed by atoms with Crippen molar-refractivity contribution in [2.24, 2.45) is 0 Å². The highest BCUT2D eigenvalue weighted by Crippen LogP contribution is 2.24. The average molecular weight is 229 g/mol. The Morgan fingerprint density at radius 1 is 1.41 bits per heavy atom. The van der Waals surface area contributed by atoms with E-state index in [-0.39, 0.29) is 6.10 Å². The largest absolute Gasteiger partial charge is 0.360 e. The minimum Gasteiger partial charge on any atom is -0.360 e. The number of aryl methyl sites for hydroxylation is 2. The quantitative estimate of drug-likeness (QED) is 0.728. The van der Waals surface area contributed by atoms with E-state index in [0.29, 0.717) is 13.2 Å². The van der Waals surface area contributed by atoms with Gasteiger partial charge >= 0.3 is 0 Å². The lowest BCUT2D eigenvalue weighted by Gasteiger charge is -2.30. The number of nitriles is 1. The first-order valence-electron chi connectivity index (χ1n) is 6.12. The summed E-state index contributed by atoms with van der Waals surface area (Å²) in [5.41, 5.74) is 2.63. The molecule has 1 saturated heterocycles. The molecule has 88 valence electrons. The standard InChI is InChI=1S/C13H15N3O/c14-8-11-9-16(6-7-17-11)13-5-4-10-2-1-3-12(10)15-13/h4-5,11H,1-3,6-7,9H2. The highest BCUT2D eigenvalue weighted by molar-refractivity contribution is 5.44. The molecule has 0 saturated carbocycles. The van der Waals surface area contributed by atoms with Crippen LogP contribution in [0.5, 0.6) is 0 Å². The third-order valence-electron chi connectivity index (χ3n) is 3.45. The van der Waals surface area contributed by atoms with Crippen molar-refractivity contribution in [3.8, 4) is 6.07 Å². The maximum atomic E-state index is 8.89. The van der Waals surface area contributed by atoms with E-state index in [2.05, 4.69) is 23.1 Å². The molecule has 0 bridgehead atoms. The Balaban J connectivity index is 1.82. The third-order valence-corrected chi connectivity index (χ3v) is 3.45. The Morgan fingerprint density at radius 2 is 2.35 bits per heavy atom. The summed E-state index contributed by atoms with van der Waals surface area (Å²) in [4.78, 5) is 6.86. The first-order chi connectivity index (χ1) is 8.36. The van der Waals surface area contributed by atoms with Crippen LogP contribution in [-0.2, 0) is 17.6 Å². The van der Waals surface area contributed by atoms with Crippen LogP contribution in [-0.4, -0.2) is 30.8 Å². The Kier molecular flexibility index (Phi) is 2.69. The summed E-state index contributed by atoms with van der Waals surface area (Å²) >= 11 is 0. The summed E-state index contributed by atoms with van der Waals surface area (Å²) in [6.07, 6.45) is 3.15. The van der Waals surface area contributed by atoms with Gasteiger partial charge < -0.3 is 9.64 Å². The smallest absolute Gasteiger partial charge is 0.161 e. The van der Waals surface area contributed by atoms with Crippen molar-refractivity contribution in [2.75, 3.05) is 24.6 Å². The van der Waals surface area contributed by atoms with E-state index in [9.17, 15) is 0 Å². The van der Waals surface area contributed by atoms with Gasteiger partial charge in [-0.25, -0.2) is 4.98 Å². The number of rotatable bonds is 1. The molecule has 1 fully saturated rings. The van der Waals surface area contributed by atoms with Crippen molar-refractivity contribution in [3.63, 3.8) is 0 Å². The molecule has 1 atom stereocenters. The normalized spacial score (nSPS) is 23.2. The fourth-order valence-corrected chi connectivity index (χ4v) is 2.52. The SMILES string of the molecule is N#CC1CN(c2ccc3c(n2)CCC3)CCO1. The van der Waals surface area contributed by atoms with Gasteiger partial charge in [0, 0.05) is 12.2 Å². The zero-order valence-corrected chi connectivity index (χ0v) is 9.72. The summed E-state index contributed by atoms with van der Waals surface area (Å²) in [6.45, 7) is 2.06. The Labute approximate surface area is 101 Å². The number of ether oxygens (including phenoxy) is 1. The van der Waals surface area contributed by atoms with E-state index in [0.717, 1.165) is 25.2 Å². The lowest BCUT2D eigenvalue weighted by molar-refractivity contribution is 0.0761. The van der Waals surface area contributed by atoms with Gasteiger partial charge in [-0.2, -0.15) is 5.26 Å². The minimum atomic E-state index is -0.321. The molecule has 0 N–H and O–H groups in total. The maximum Gasteiger partial charge on any atom is 0.161 e. The van der Waals surface area contributed by atoms with Gasteiger partial charge in [-0.3, -0.25) is 0 Å². The van der Waals surface area contributed by atoms with Crippen LogP contribution in [0.1, 0.15) is 17.7 Å². The second-order valence-electron chi connectivity index (χ2n) is 4.56. The molecule has 0 aromatic carbocycles. The van der Waals surface area contributed by atoms with Crippen LogP contribution >= 0.6 is 0 Å². The first kappa shape index (κ1) is 10.5. The zero-order valence-electron chi connectivity index (χ0n) is 9.72. The van der Waals surface area contributed by atoms with E-state index in [1.54, 1.807) is 0 Å². The van der Waals surface area contributed by atoms with Gasteiger partial charge in [0.05, 0.1) is 19.2 Å². The van der Waals surface area contributed by atoms with Crippen molar-refractivity contribution in [1.29, 1.82) is 5.26 Å². The van der Waals surface area contributed by atoms with Crippen LogP contribution in [0, 0.1) is 11.3 Å². The van der Waals surface area contributed by atoms with E-state index >= 15 is 0 Å². The Hall–Kier alpha value is -1.60. The lowest BCUT2D eigenvalue weighted by atomic mass is 10.2. The number of morpholine rings is 1. The summed E-state index contributed by atoms with van der Waals surface area (Å²) in [5, 5.41) is 8.89. The molecule has 17 heavy (non-hydrogen) atoms. The number of fused-ring (bicyclic) bond motifs is 1. The van der Waals surface area contributed by atoms with Crippen molar-refractivity contribution < 1.29 is 4.74 Å². The fourth-order valence-electron chi connectivity index (χ4n) is 2.52. The average Bonchev–Trinajstić information content (AvgIpc) is 2.86. The molecular weight excluding hydrogens is 214 g/mol. The Morgan fingerprint density at radius 3 is 3.24 bits per heavy atom. The number of pyridine rings is 1. The molecule has 2 aliphatic rings. The molecular formula is C13H15N3O. The van der Waals surface area contributed by atoms with Crippen LogP contribution in [0.4, 0.5) is 5.82 Å². The molecule has 2 heterocycles. The van der Waals surface area contributed by atoms with Crippen molar-refractivity contribution >= 4 is 5.82 Å². The van der Waals surface area contributed by atoms with Crippen molar-refractivity contribution in [1.82, 2.24) is 4.98 Å². The number of hydrogen-bond donors (Lipinski definition) is 0. The van der Waals surface area contributed by atoms with Gasteiger partial charge in [-0.1, -0.05) is 6.07 Å². The fraction of sp³-hybridized carbons (Fsp3) is 0.538. The molecule has 1 aromatic rings. The second kappa shape index (κ2) is 4.34. The molecule has 0 amide bonds. The molecule has 4 heteroatoms. The van der Waals surface area contributed by atoms with Crippen LogP contribution in [0.2, 0.25) is 0 Å². The van der Waals surface area contributed by atoms with Gasteiger partial charge in [-0.05, 0) is 30.9 Å². The van der Waals surface area contributed by atoms with Crippen LogP contribution in [0.3, 0.4) is 0 Å². The van der Waals surface area contributed by atoms with E-state index < -0.39 is 0 Å². The van der Waals surface area contributed by atoms with Crippen LogP contribution < -0.4 is 4.90 Å². The zero-order chi connectivity index (χ0) is 11.7. The van der Waals surface area contributed by atoms with E-state index in [1.165, 1.54) is 17.7 Å². The first-order valence-corrected chi connectivity index (χ1v) is 6.12. The van der Waals surface area contributed by atoms with Gasteiger partial charge in [0.2, 0.25) is 0 Å². The third kappa shape index (κ3) is 1.98. The molecule has 1 unspecified atom stereocenters. The highest BCUT2D eigenvalue weighted by Gasteiger charge is 2.22. The predicted molar refractivity (Wildman–Crippen MR) is 63.8 cm³/mol. The van der Waals surface area contributed by atoms with E-state index in [1.807, 2.05) is 0 Å². The highest BCUT2D eigenvalue weighted by atomic mass is 16.5. The molecule has 4 nitrogen and oxygen atoms in total. The summed E-state index contributed by atoms with van der Waals surface area (Å²) in [6, 6.07) is 6.42. The molecule has 1 aromatic heterocycles. The number of anilines is 1. The topological polar surface area (TPSA) is 49.2 Å². The minimum absolute atomic E-state index is 0.321. The summed E-state index contributed by atoms with van der Waals surface area (Å²) < 4.78 is 5.34. The molecule has 1 aliphatic heterocycles. The van der Waals surface area contributed by atoms with Gasteiger partial charge in [-0.15, -0.1) is 0 Å². The number of aromatic nitrogens is 1. The van der Waals surface area contributed by atoms with Gasteiger partial charge in [0.15, 0.2) is 6.10 Å². The van der Waals surface area contributed by atoms with E-state index in [4.69, 9.17) is 15.0 Å². The monoisotopic (exact) mass is 229 g/mol. The van der Waals surface area contributed by atoms with Crippen LogP contribution in [0.15, 0.2) is 12.1 Å². The summed E-state index contributed by atoms with van der Waals surface area (Å²) in [5.74, 6) is 0.995. The number of nitrogens with zero attached hydrogens (tertiary/aromatic N) is 3.